The van der Waals surface area contributed by atoms with Gasteiger partial charge in [-0.3, -0.25) is 4.79 Å². The fourth-order valence-electron chi connectivity index (χ4n) is 3.97. The van der Waals surface area contributed by atoms with Gasteiger partial charge in [-0.1, -0.05) is 31.2 Å². The predicted molar refractivity (Wildman–Crippen MR) is 117 cm³/mol. The molecule has 2 aromatic rings. The van der Waals surface area contributed by atoms with Crippen LogP contribution in [0, 0.1) is 5.92 Å². The molecule has 0 aliphatic carbocycles. The van der Waals surface area contributed by atoms with Crippen molar-refractivity contribution in [3.05, 3.63) is 59.7 Å². The van der Waals surface area contributed by atoms with Crippen molar-refractivity contribution in [1.29, 1.82) is 0 Å². The van der Waals surface area contributed by atoms with Gasteiger partial charge in [-0.2, -0.15) is 17.5 Å². The number of carbonyl (C=O) groups excluding carboxylic acids is 1. The van der Waals surface area contributed by atoms with Gasteiger partial charge in [0.1, 0.15) is 5.75 Å². The summed E-state index contributed by atoms with van der Waals surface area (Å²) in [6, 6.07) is 11.3. The molecule has 1 unspecified atom stereocenters. The Morgan fingerprint density at radius 2 is 1.73 bits per heavy atom. The van der Waals surface area contributed by atoms with Crippen molar-refractivity contribution in [2.45, 2.75) is 43.3 Å². The summed E-state index contributed by atoms with van der Waals surface area (Å²) in [6.45, 7) is 1.90. The predicted octanol–water partition coefficient (Wildman–Crippen LogP) is 4.38. The number of alkyl halides is 3. The van der Waals surface area contributed by atoms with E-state index in [1.807, 2.05) is 31.2 Å². The number of carbonyl (C=O) groups is 1. The number of hydrogen-bond acceptors (Lipinski definition) is 4. The highest BCUT2D eigenvalue weighted by molar-refractivity contribution is 7.89. The molecule has 33 heavy (non-hydrogen) atoms. The average molecular weight is 485 g/mol. The van der Waals surface area contributed by atoms with E-state index in [-0.39, 0.29) is 37.9 Å². The van der Waals surface area contributed by atoms with Crippen LogP contribution in [0.1, 0.15) is 43.4 Å². The number of piperidine rings is 1. The summed E-state index contributed by atoms with van der Waals surface area (Å²) < 4.78 is 71.9. The topological polar surface area (TPSA) is 75.7 Å². The molecule has 1 aliphatic rings. The van der Waals surface area contributed by atoms with Crippen LogP contribution in [0.25, 0.3) is 0 Å². The molecule has 0 spiro atoms. The quantitative estimate of drug-likeness (QED) is 0.633. The van der Waals surface area contributed by atoms with Crippen molar-refractivity contribution >= 4 is 15.9 Å². The van der Waals surface area contributed by atoms with Crippen LogP contribution in [0.2, 0.25) is 0 Å². The molecular formula is C23H27F3N2O4S. The first-order valence-corrected chi connectivity index (χ1v) is 12.1. The van der Waals surface area contributed by atoms with Crippen molar-refractivity contribution < 1.29 is 31.1 Å². The van der Waals surface area contributed by atoms with Crippen LogP contribution >= 0.6 is 0 Å². The normalized spacial score (nSPS) is 16.9. The van der Waals surface area contributed by atoms with Gasteiger partial charge >= 0.3 is 6.18 Å². The third-order valence-corrected chi connectivity index (χ3v) is 7.83. The van der Waals surface area contributed by atoms with E-state index in [0.717, 1.165) is 28.1 Å². The smallest absolute Gasteiger partial charge is 0.417 e. The molecule has 1 atom stereocenters. The lowest BCUT2D eigenvalue weighted by atomic mass is 9.95. The number of amides is 1. The Labute approximate surface area is 191 Å². The summed E-state index contributed by atoms with van der Waals surface area (Å²) in [5.41, 5.74) is -0.259. The molecule has 1 N–H and O–H groups in total. The second-order valence-electron chi connectivity index (χ2n) is 7.91. The van der Waals surface area contributed by atoms with Gasteiger partial charge in [0.2, 0.25) is 15.9 Å². The summed E-state index contributed by atoms with van der Waals surface area (Å²) in [5, 5.41) is 3.01. The minimum absolute atomic E-state index is 0.0219. The molecule has 1 amide bonds. The van der Waals surface area contributed by atoms with E-state index in [1.165, 1.54) is 6.07 Å². The summed E-state index contributed by atoms with van der Waals surface area (Å²) in [7, 11) is -2.76. The highest BCUT2D eigenvalue weighted by Crippen LogP contribution is 2.36. The second-order valence-corrected chi connectivity index (χ2v) is 9.82. The first-order chi connectivity index (χ1) is 15.6. The summed E-state index contributed by atoms with van der Waals surface area (Å²) in [6.07, 6.45) is -3.64. The van der Waals surface area contributed by atoms with Gasteiger partial charge in [0, 0.05) is 19.0 Å². The Hall–Kier alpha value is -2.59. The fourth-order valence-corrected chi connectivity index (χ4v) is 5.65. The minimum Gasteiger partial charge on any atom is -0.497 e. The number of hydrogen-bond donors (Lipinski definition) is 1. The van der Waals surface area contributed by atoms with Crippen LogP contribution < -0.4 is 10.1 Å². The van der Waals surface area contributed by atoms with E-state index in [9.17, 15) is 26.4 Å². The lowest BCUT2D eigenvalue weighted by Crippen LogP contribution is -2.44. The second kappa shape index (κ2) is 10.1. The van der Waals surface area contributed by atoms with Crippen molar-refractivity contribution in [3.63, 3.8) is 0 Å². The zero-order valence-electron chi connectivity index (χ0n) is 18.4. The largest absolute Gasteiger partial charge is 0.497 e. The van der Waals surface area contributed by atoms with Crippen LogP contribution in [-0.4, -0.2) is 38.8 Å². The van der Waals surface area contributed by atoms with Crippen LogP contribution in [0.5, 0.6) is 5.75 Å². The van der Waals surface area contributed by atoms with E-state index in [0.29, 0.717) is 12.2 Å². The summed E-state index contributed by atoms with van der Waals surface area (Å²) in [4.78, 5) is 12.1. The van der Waals surface area contributed by atoms with Crippen LogP contribution in [-0.2, 0) is 21.0 Å². The van der Waals surface area contributed by atoms with Crippen molar-refractivity contribution in [2.24, 2.45) is 5.92 Å². The Bertz CT molecular complexity index is 1060. The number of rotatable bonds is 7. The number of methoxy groups -OCH3 is 1. The third kappa shape index (κ3) is 5.67. The zero-order valence-corrected chi connectivity index (χ0v) is 19.2. The molecule has 1 aliphatic heterocycles. The number of ether oxygens (including phenoxy) is 1. The van der Waals surface area contributed by atoms with Crippen LogP contribution in [0.15, 0.2) is 53.4 Å². The molecule has 0 bridgehead atoms. The molecule has 2 aromatic carbocycles. The van der Waals surface area contributed by atoms with Crippen LogP contribution in [0.4, 0.5) is 13.2 Å². The first kappa shape index (κ1) is 25.0. The van der Waals surface area contributed by atoms with E-state index in [4.69, 9.17) is 4.74 Å². The third-order valence-electron chi connectivity index (χ3n) is 5.88. The molecule has 0 aromatic heterocycles. The van der Waals surface area contributed by atoms with E-state index >= 15 is 0 Å². The Kier molecular flexibility index (Phi) is 7.69. The van der Waals surface area contributed by atoms with Crippen molar-refractivity contribution in [2.75, 3.05) is 20.2 Å². The number of nitrogens with one attached hydrogen (secondary N) is 1. The Morgan fingerprint density at radius 3 is 2.27 bits per heavy atom. The highest BCUT2D eigenvalue weighted by Gasteiger charge is 2.40. The highest BCUT2D eigenvalue weighted by atomic mass is 32.2. The Morgan fingerprint density at radius 1 is 1.12 bits per heavy atom. The van der Waals surface area contributed by atoms with Gasteiger partial charge in [0.05, 0.1) is 23.6 Å². The molecule has 1 heterocycles. The maximum atomic E-state index is 13.3. The maximum absolute atomic E-state index is 13.3. The summed E-state index contributed by atoms with van der Waals surface area (Å²) >= 11 is 0. The standard InChI is InChI=1S/C23H27F3N2O4S/c1-3-20(16-8-10-18(32-2)11-9-16)27-22(29)17-12-14-28(15-13-17)33(30,31)21-7-5-4-6-19(21)23(24,25)26/h4-11,17,20H,3,12-15H2,1-2H3,(H,27,29). The molecule has 6 nitrogen and oxygen atoms in total. The molecule has 0 saturated carbocycles. The van der Waals surface area contributed by atoms with Gasteiger partial charge in [-0.05, 0) is 49.1 Å². The molecule has 180 valence electrons. The van der Waals surface area contributed by atoms with Gasteiger partial charge in [0.15, 0.2) is 0 Å². The number of halogens is 3. The minimum atomic E-state index is -4.78. The number of nitrogens with zero attached hydrogens (tertiary/aromatic N) is 1. The molecule has 1 fully saturated rings. The monoisotopic (exact) mass is 484 g/mol. The molecule has 10 heteroatoms. The lowest BCUT2D eigenvalue weighted by molar-refractivity contribution is -0.139. The van der Waals surface area contributed by atoms with E-state index in [2.05, 4.69) is 5.32 Å². The molecule has 3 rings (SSSR count). The van der Waals surface area contributed by atoms with Gasteiger partial charge in [0.25, 0.3) is 0 Å². The molecule has 0 radical (unpaired) electrons. The molecular weight excluding hydrogens is 457 g/mol. The van der Waals surface area contributed by atoms with Crippen molar-refractivity contribution in [3.8, 4) is 5.75 Å². The number of benzene rings is 2. The summed E-state index contributed by atoms with van der Waals surface area (Å²) in [5.74, 6) is 0.104. The van der Waals surface area contributed by atoms with E-state index < -0.39 is 32.6 Å². The first-order valence-electron chi connectivity index (χ1n) is 10.7. The SMILES string of the molecule is CCC(NC(=O)C1CCN(S(=O)(=O)c2ccccc2C(F)(F)F)CC1)c1ccc(OC)cc1. The maximum Gasteiger partial charge on any atom is 0.417 e. The Balaban J connectivity index is 1.66. The molecule has 1 saturated heterocycles. The van der Waals surface area contributed by atoms with Gasteiger partial charge < -0.3 is 10.1 Å². The average Bonchev–Trinajstić information content (AvgIpc) is 2.82. The van der Waals surface area contributed by atoms with E-state index in [1.54, 1.807) is 7.11 Å². The van der Waals surface area contributed by atoms with Gasteiger partial charge in [-0.25, -0.2) is 8.42 Å². The van der Waals surface area contributed by atoms with Gasteiger partial charge in [-0.15, -0.1) is 0 Å². The zero-order chi connectivity index (χ0) is 24.2. The van der Waals surface area contributed by atoms with Crippen molar-refractivity contribution in [1.82, 2.24) is 9.62 Å². The van der Waals surface area contributed by atoms with Crippen LogP contribution in [0.3, 0.4) is 0 Å². The fraction of sp³-hybridized carbons (Fsp3) is 0.435. The lowest BCUT2D eigenvalue weighted by Gasteiger charge is -2.32. The number of sulfonamides is 1.